The van der Waals surface area contributed by atoms with E-state index in [-0.39, 0.29) is 16.8 Å². The minimum atomic E-state index is -1.01. The average Bonchev–Trinajstić information content (AvgIpc) is 2.68. The van der Waals surface area contributed by atoms with Gasteiger partial charge in [-0.05, 0) is 37.3 Å². The first kappa shape index (κ1) is 19.6. The monoisotopic (exact) mass is 370 g/mol. The topological polar surface area (TPSA) is 111 Å². The molecule has 0 unspecified atom stereocenters. The fraction of sp³-hybridized carbons (Fsp3) is 0.158. The van der Waals surface area contributed by atoms with Gasteiger partial charge in [0.05, 0.1) is 31.0 Å². The Balaban J connectivity index is 2.23. The Bertz CT molecular complexity index is 890. The van der Waals surface area contributed by atoms with Crippen molar-refractivity contribution in [2.24, 2.45) is 0 Å². The summed E-state index contributed by atoms with van der Waals surface area (Å²) in [6.07, 6.45) is 0. The molecule has 140 valence electrons. The summed E-state index contributed by atoms with van der Waals surface area (Å²) in [4.78, 5) is 47.8. The summed E-state index contributed by atoms with van der Waals surface area (Å²) in [6.45, 7) is 1.89. The Morgan fingerprint density at radius 3 is 1.96 bits per heavy atom. The first-order valence-electron chi connectivity index (χ1n) is 7.85. The molecule has 0 spiro atoms. The first-order valence-corrected chi connectivity index (χ1v) is 7.85. The van der Waals surface area contributed by atoms with E-state index in [4.69, 9.17) is 0 Å². The third-order valence-corrected chi connectivity index (χ3v) is 3.61. The molecule has 27 heavy (non-hydrogen) atoms. The Morgan fingerprint density at radius 1 is 0.778 bits per heavy atom. The third-order valence-electron chi connectivity index (χ3n) is 3.61. The number of anilines is 2. The molecule has 0 saturated carbocycles. The molecule has 2 aromatic carbocycles. The Morgan fingerprint density at radius 2 is 1.37 bits per heavy atom. The van der Waals surface area contributed by atoms with Crippen molar-refractivity contribution < 1.29 is 28.7 Å². The van der Waals surface area contributed by atoms with Crippen molar-refractivity contribution in [2.45, 2.75) is 6.92 Å². The number of carbonyl (C=O) groups is 4. The van der Waals surface area contributed by atoms with Crippen LogP contribution >= 0.6 is 0 Å². The van der Waals surface area contributed by atoms with Crippen molar-refractivity contribution in [3.8, 4) is 0 Å². The highest BCUT2D eigenvalue weighted by Gasteiger charge is 2.20. The molecule has 0 saturated heterocycles. The van der Waals surface area contributed by atoms with E-state index in [2.05, 4.69) is 20.1 Å². The van der Waals surface area contributed by atoms with Crippen molar-refractivity contribution in [1.29, 1.82) is 0 Å². The number of methoxy groups -OCH3 is 2. The van der Waals surface area contributed by atoms with Gasteiger partial charge in [0.1, 0.15) is 0 Å². The largest absolute Gasteiger partial charge is 0.465 e. The van der Waals surface area contributed by atoms with Crippen molar-refractivity contribution >= 4 is 35.1 Å². The lowest BCUT2D eigenvalue weighted by molar-refractivity contribution is -0.133. The number of aryl methyl sites for hydroxylation is 1. The van der Waals surface area contributed by atoms with Crippen LogP contribution < -0.4 is 10.6 Å². The predicted molar refractivity (Wildman–Crippen MR) is 97.6 cm³/mol. The number of ether oxygens (including phenoxy) is 2. The van der Waals surface area contributed by atoms with Crippen LogP contribution in [-0.4, -0.2) is 38.0 Å². The molecule has 0 heterocycles. The van der Waals surface area contributed by atoms with Gasteiger partial charge in [-0.3, -0.25) is 9.59 Å². The summed E-state index contributed by atoms with van der Waals surface area (Å²) in [6, 6.07) is 10.7. The highest BCUT2D eigenvalue weighted by atomic mass is 16.5. The number of hydrogen-bond acceptors (Lipinski definition) is 6. The Kier molecular flexibility index (Phi) is 6.27. The van der Waals surface area contributed by atoms with Crippen LogP contribution in [0.2, 0.25) is 0 Å². The standard InChI is InChI=1S/C19H18N2O6/c1-11-4-7-13(8-5-11)20-16(22)17(23)21-15-10-12(18(24)26-2)6-9-14(15)19(25)27-3/h4-10H,1-3H3,(H,20,22)(H,21,23). The van der Waals surface area contributed by atoms with Crippen LogP contribution in [0, 0.1) is 6.92 Å². The zero-order chi connectivity index (χ0) is 20.0. The fourth-order valence-corrected chi connectivity index (χ4v) is 2.18. The second kappa shape index (κ2) is 8.61. The van der Waals surface area contributed by atoms with E-state index in [1.807, 2.05) is 6.92 Å². The smallest absolute Gasteiger partial charge is 0.339 e. The van der Waals surface area contributed by atoms with Crippen molar-refractivity contribution in [3.63, 3.8) is 0 Å². The van der Waals surface area contributed by atoms with Crippen molar-refractivity contribution in [1.82, 2.24) is 0 Å². The summed E-state index contributed by atoms with van der Waals surface area (Å²) >= 11 is 0. The van der Waals surface area contributed by atoms with Gasteiger partial charge in [-0.15, -0.1) is 0 Å². The second-order valence-corrected chi connectivity index (χ2v) is 5.52. The molecule has 0 aliphatic rings. The average molecular weight is 370 g/mol. The van der Waals surface area contributed by atoms with Crippen LogP contribution in [0.5, 0.6) is 0 Å². The molecule has 0 aliphatic carbocycles. The first-order chi connectivity index (χ1) is 12.8. The highest BCUT2D eigenvalue weighted by Crippen LogP contribution is 2.20. The molecule has 0 aliphatic heterocycles. The molecule has 2 rings (SSSR count). The lowest BCUT2D eigenvalue weighted by Crippen LogP contribution is -2.30. The van der Waals surface area contributed by atoms with Gasteiger partial charge in [-0.25, -0.2) is 9.59 Å². The van der Waals surface area contributed by atoms with Crippen molar-refractivity contribution in [3.05, 3.63) is 59.2 Å². The van der Waals surface area contributed by atoms with Crippen LogP contribution in [-0.2, 0) is 19.1 Å². The highest BCUT2D eigenvalue weighted by molar-refractivity contribution is 6.44. The number of hydrogen-bond donors (Lipinski definition) is 2. The molecular weight excluding hydrogens is 352 g/mol. The van der Waals surface area contributed by atoms with E-state index in [1.165, 1.54) is 32.4 Å². The van der Waals surface area contributed by atoms with Crippen molar-refractivity contribution in [2.75, 3.05) is 24.9 Å². The summed E-state index contributed by atoms with van der Waals surface area (Å²) < 4.78 is 9.26. The summed E-state index contributed by atoms with van der Waals surface area (Å²) in [7, 11) is 2.37. The summed E-state index contributed by atoms with van der Waals surface area (Å²) in [5.41, 5.74) is 1.48. The molecule has 2 N–H and O–H groups in total. The maximum absolute atomic E-state index is 12.2. The Labute approximate surface area is 155 Å². The minimum Gasteiger partial charge on any atom is -0.465 e. The fourth-order valence-electron chi connectivity index (χ4n) is 2.18. The number of amides is 2. The molecule has 0 radical (unpaired) electrons. The maximum Gasteiger partial charge on any atom is 0.339 e. The molecular formula is C19H18N2O6. The number of benzene rings is 2. The van der Waals surface area contributed by atoms with E-state index in [1.54, 1.807) is 24.3 Å². The third kappa shape index (κ3) is 4.91. The zero-order valence-corrected chi connectivity index (χ0v) is 15.0. The van der Waals surface area contributed by atoms with Gasteiger partial charge in [0.2, 0.25) is 0 Å². The molecule has 8 nitrogen and oxygen atoms in total. The lowest BCUT2D eigenvalue weighted by atomic mass is 10.1. The van der Waals surface area contributed by atoms with E-state index < -0.39 is 23.8 Å². The SMILES string of the molecule is COC(=O)c1ccc(C(=O)OC)c(NC(=O)C(=O)Nc2ccc(C)cc2)c1. The van der Waals surface area contributed by atoms with Gasteiger partial charge >= 0.3 is 23.8 Å². The van der Waals surface area contributed by atoms with Gasteiger partial charge in [-0.1, -0.05) is 17.7 Å². The van der Waals surface area contributed by atoms with Crippen LogP contribution in [0.1, 0.15) is 26.3 Å². The number of nitrogens with one attached hydrogen (secondary N) is 2. The molecule has 2 amide bonds. The molecule has 0 fully saturated rings. The number of carbonyl (C=O) groups excluding carboxylic acids is 4. The molecule has 8 heteroatoms. The summed E-state index contributed by atoms with van der Waals surface area (Å²) in [5.74, 6) is -3.34. The molecule has 0 bridgehead atoms. The molecule has 2 aromatic rings. The Hall–Kier alpha value is -3.68. The van der Waals surface area contributed by atoms with E-state index in [9.17, 15) is 19.2 Å². The summed E-state index contributed by atoms with van der Waals surface area (Å²) in [5, 5.41) is 4.76. The van der Waals surface area contributed by atoms with Crippen LogP contribution in [0.3, 0.4) is 0 Å². The second-order valence-electron chi connectivity index (χ2n) is 5.52. The van der Waals surface area contributed by atoms with Gasteiger partial charge in [-0.2, -0.15) is 0 Å². The quantitative estimate of drug-likeness (QED) is 0.630. The van der Waals surface area contributed by atoms with Gasteiger partial charge in [0.25, 0.3) is 0 Å². The van der Waals surface area contributed by atoms with E-state index in [0.29, 0.717) is 5.69 Å². The molecule has 0 aromatic heterocycles. The van der Waals surface area contributed by atoms with Gasteiger partial charge in [0.15, 0.2) is 0 Å². The van der Waals surface area contributed by atoms with Gasteiger partial charge in [0, 0.05) is 5.69 Å². The van der Waals surface area contributed by atoms with E-state index in [0.717, 1.165) is 5.56 Å². The zero-order valence-electron chi connectivity index (χ0n) is 15.0. The van der Waals surface area contributed by atoms with Crippen LogP contribution in [0.15, 0.2) is 42.5 Å². The van der Waals surface area contributed by atoms with Crippen LogP contribution in [0.25, 0.3) is 0 Å². The van der Waals surface area contributed by atoms with E-state index >= 15 is 0 Å². The predicted octanol–water partition coefficient (Wildman–Crippen LogP) is 2.15. The maximum atomic E-state index is 12.2. The minimum absolute atomic E-state index is 0.0124. The number of rotatable bonds is 4. The lowest BCUT2D eigenvalue weighted by Gasteiger charge is -2.11. The number of esters is 2. The van der Waals surface area contributed by atoms with Gasteiger partial charge < -0.3 is 20.1 Å². The van der Waals surface area contributed by atoms with Crippen LogP contribution in [0.4, 0.5) is 11.4 Å². The normalized spacial score (nSPS) is 9.89. The molecule has 0 atom stereocenters.